The van der Waals surface area contributed by atoms with Crippen molar-refractivity contribution in [1.82, 2.24) is 5.32 Å². The highest BCUT2D eigenvalue weighted by Gasteiger charge is 2.08. The molecule has 102 valence electrons. The van der Waals surface area contributed by atoms with E-state index in [1.807, 2.05) is 6.07 Å². The molecule has 0 fully saturated rings. The Kier molecular flexibility index (Phi) is 5.03. The lowest BCUT2D eigenvalue weighted by molar-refractivity contribution is 0.576. The van der Waals surface area contributed by atoms with Gasteiger partial charge < -0.3 is 5.32 Å². The summed E-state index contributed by atoms with van der Waals surface area (Å²) in [5.41, 5.74) is 4.07. The molecule has 0 bridgehead atoms. The van der Waals surface area contributed by atoms with Crippen molar-refractivity contribution in [2.75, 3.05) is 6.54 Å². The first-order valence-electron chi connectivity index (χ1n) is 6.61. The second-order valence-corrected chi connectivity index (χ2v) is 6.79. The molecule has 1 atom stereocenters. The summed E-state index contributed by atoms with van der Waals surface area (Å²) in [4.78, 5) is 1.34. The quantitative estimate of drug-likeness (QED) is 0.826. The largest absolute Gasteiger partial charge is 0.310 e. The van der Waals surface area contributed by atoms with Crippen molar-refractivity contribution in [3.63, 3.8) is 0 Å². The van der Waals surface area contributed by atoms with Gasteiger partial charge in [0.25, 0.3) is 0 Å². The molecule has 1 nitrogen and oxygen atoms in total. The van der Waals surface area contributed by atoms with Crippen LogP contribution in [0.5, 0.6) is 0 Å². The van der Waals surface area contributed by atoms with E-state index in [0.717, 1.165) is 17.3 Å². The molecule has 1 N–H and O–H groups in total. The number of hydrogen-bond donors (Lipinski definition) is 1. The topological polar surface area (TPSA) is 12.0 Å². The second-order valence-electron chi connectivity index (χ2n) is 4.99. The minimum Gasteiger partial charge on any atom is -0.310 e. The van der Waals surface area contributed by atoms with Crippen LogP contribution in [0, 0.1) is 13.8 Å². The zero-order chi connectivity index (χ0) is 13.8. The molecule has 0 aliphatic rings. The van der Waals surface area contributed by atoms with Gasteiger partial charge in [-0.2, -0.15) is 0 Å². The maximum Gasteiger partial charge on any atom is 0.0931 e. The lowest BCUT2D eigenvalue weighted by atomic mass is 10.0. The summed E-state index contributed by atoms with van der Waals surface area (Å²) in [6.45, 7) is 7.51. The number of thiophene rings is 1. The summed E-state index contributed by atoms with van der Waals surface area (Å²) in [6, 6.07) is 11.1. The Morgan fingerprint density at radius 3 is 2.63 bits per heavy atom. The zero-order valence-corrected chi connectivity index (χ0v) is 13.2. The second kappa shape index (κ2) is 6.56. The third-order valence-corrected chi connectivity index (χ3v) is 4.63. The van der Waals surface area contributed by atoms with Gasteiger partial charge in [0.05, 0.1) is 4.34 Å². The Morgan fingerprint density at radius 1 is 1.21 bits per heavy atom. The maximum atomic E-state index is 5.93. The van der Waals surface area contributed by atoms with Gasteiger partial charge in [-0.25, -0.2) is 0 Å². The minimum atomic E-state index is 0.385. The minimum absolute atomic E-state index is 0.385. The average molecular weight is 294 g/mol. The van der Waals surface area contributed by atoms with Gasteiger partial charge in [-0.15, -0.1) is 11.3 Å². The fourth-order valence-electron chi connectivity index (χ4n) is 2.32. The smallest absolute Gasteiger partial charge is 0.0931 e. The molecule has 0 aliphatic heterocycles. The summed E-state index contributed by atoms with van der Waals surface area (Å²) in [7, 11) is 0. The molecule has 0 saturated carbocycles. The van der Waals surface area contributed by atoms with E-state index in [9.17, 15) is 0 Å². The Hall–Kier alpha value is -0.830. The van der Waals surface area contributed by atoms with E-state index in [-0.39, 0.29) is 0 Å². The first-order chi connectivity index (χ1) is 9.06. The number of benzene rings is 1. The summed E-state index contributed by atoms with van der Waals surface area (Å²) >= 11 is 7.60. The molecule has 0 saturated heterocycles. The van der Waals surface area contributed by atoms with Gasteiger partial charge in [-0.1, -0.05) is 35.4 Å². The maximum absolute atomic E-state index is 5.93. The lowest BCUT2D eigenvalue weighted by Crippen LogP contribution is -2.21. The highest BCUT2D eigenvalue weighted by molar-refractivity contribution is 7.16. The standard InChI is InChI=1S/C16H20ClNS/c1-11-4-6-15(12(2)10-11)13(3)18-9-8-14-5-7-16(17)19-14/h4-7,10,13,18H,8-9H2,1-3H3. The van der Waals surface area contributed by atoms with Gasteiger partial charge in [-0.3, -0.25) is 0 Å². The Balaban J connectivity index is 1.88. The van der Waals surface area contributed by atoms with Crippen molar-refractivity contribution in [2.45, 2.75) is 33.2 Å². The van der Waals surface area contributed by atoms with Gasteiger partial charge >= 0.3 is 0 Å². The van der Waals surface area contributed by atoms with Crippen LogP contribution in [0.25, 0.3) is 0 Å². The molecule has 0 spiro atoms. The van der Waals surface area contributed by atoms with E-state index < -0.39 is 0 Å². The molecule has 1 aromatic carbocycles. The van der Waals surface area contributed by atoms with Crippen LogP contribution in [-0.2, 0) is 6.42 Å². The van der Waals surface area contributed by atoms with Gasteiger partial charge in [0, 0.05) is 17.5 Å². The van der Waals surface area contributed by atoms with Gasteiger partial charge in [0.1, 0.15) is 0 Å². The highest BCUT2D eigenvalue weighted by atomic mass is 35.5. The van der Waals surface area contributed by atoms with Gasteiger partial charge in [-0.05, 0) is 50.5 Å². The first-order valence-corrected chi connectivity index (χ1v) is 7.80. The monoisotopic (exact) mass is 293 g/mol. The average Bonchev–Trinajstić information content (AvgIpc) is 2.75. The molecular formula is C16H20ClNS. The molecule has 2 rings (SSSR count). The van der Waals surface area contributed by atoms with Crippen molar-refractivity contribution in [3.05, 3.63) is 56.2 Å². The Bertz CT molecular complexity index is 547. The zero-order valence-electron chi connectivity index (χ0n) is 11.7. The van der Waals surface area contributed by atoms with Crippen molar-refractivity contribution < 1.29 is 0 Å². The predicted molar refractivity (Wildman–Crippen MR) is 85.4 cm³/mol. The van der Waals surface area contributed by atoms with Crippen molar-refractivity contribution in [3.8, 4) is 0 Å². The van der Waals surface area contributed by atoms with Crippen molar-refractivity contribution >= 4 is 22.9 Å². The van der Waals surface area contributed by atoms with Crippen LogP contribution < -0.4 is 5.32 Å². The number of rotatable bonds is 5. The summed E-state index contributed by atoms with van der Waals surface area (Å²) in [6.07, 6.45) is 1.03. The molecule has 1 heterocycles. The van der Waals surface area contributed by atoms with Crippen LogP contribution >= 0.6 is 22.9 Å². The van der Waals surface area contributed by atoms with E-state index >= 15 is 0 Å². The molecule has 1 aromatic heterocycles. The molecule has 1 unspecified atom stereocenters. The number of aryl methyl sites for hydroxylation is 2. The van der Waals surface area contributed by atoms with Crippen molar-refractivity contribution in [2.24, 2.45) is 0 Å². The van der Waals surface area contributed by atoms with Gasteiger partial charge in [0.2, 0.25) is 0 Å². The van der Waals surface area contributed by atoms with Crippen molar-refractivity contribution in [1.29, 1.82) is 0 Å². The summed E-state index contributed by atoms with van der Waals surface area (Å²) < 4.78 is 0.873. The molecule has 2 aromatic rings. The van der Waals surface area contributed by atoms with E-state index in [1.54, 1.807) is 11.3 Å². The van der Waals surface area contributed by atoms with Crippen LogP contribution in [0.4, 0.5) is 0 Å². The first kappa shape index (κ1) is 14.6. The Labute approximate surface area is 124 Å². The Morgan fingerprint density at radius 2 is 2.00 bits per heavy atom. The van der Waals surface area contributed by atoms with Crippen LogP contribution in [0.2, 0.25) is 4.34 Å². The number of halogens is 1. The fourth-order valence-corrected chi connectivity index (χ4v) is 3.41. The number of hydrogen-bond acceptors (Lipinski definition) is 2. The fraction of sp³-hybridized carbons (Fsp3) is 0.375. The molecule has 19 heavy (non-hydrogen) atoms. The predicted octanol–water partition coefficient (Wildman–Crippen LogP) is 4.91. The van der Waals surface area contributed by atoms with E-state index in [0.29, 0.717) is 6.04 Å². The number of nitrogens with one attached hydrogen (secondary N) is 1. The SMILES string of the molecule is Cc1ccc(C(C)NCCc2ccc(Cl)s2)c(C)c1. The van der Waals surface area contributed by atoms with Crippen LogP contribution in [0.15, 0.2) is 30.3 Å². The van der Waals surface area contributed by atoms with E-state index in [4.69, 9.17) is 11.6 Å². The molecular weight excluding hydrogens is 274 g/mol. The van der Waals surface area contributed by atoms with Crippen LogP contribution in [-0.4, -0.2) is 6.54 Å². The molecule has 0 amide bonds. The highest BCUT2D eigenvalue weighted by Crippen LogP contribution is 2.22. The van der Waals surface area contributed by atoms with Crippen LogP contribution in [0.3, 0.4) is 0 Å². The molecule has 0 aliphatic carbocycles. The molecule has 0 radical (unpaired) electrons. The summed E-state index contributed by atoms with van der Waals surface area (Å²) in [5, 5.41) is 3.58. The van der Waals surface area contributed by atoms with E-state index in [1.165, 1.54) is 21.6 Å². The third kappa shape index (κ3) is 4.07. The van der Waals surface area contributed by atoms with Crippen LogP contribution in [0.1, 0.15) is 34.5 Å². The lowest BCUT2D eigenvalue weighted by Gasteiger charge is -2.16. The summed E-state index contributed by atoms with van der Waals surface area (Å²) in [5.74, 6) is 0. The van der Waals surface area contributed by atoms with Gasteiger partial charge in [0.15, 0.2) is 0 Å². The molecule has 3 heteroatoms. The third-order valence-electron chi connectivity index (χ3n) is 3.34. The van der Waals surface area contributed by atoms with E-state index in [2.05, 4.69) is 50.4 Å². The normalized spacial score (nSPS) is 12.6.